The van der Waals surface area contributed by atoms with E-state index in [4.69, 9.17) is 11.5 Å². The zero-order valence-electron chi connectivity index (χ0n) is 10.4. The van der Waals surface area contributed by atoms with Gasteiger partial charge in [0.05, 0.1) is 0 Å². The molecule has 1 unspecified atom stereocenters. The van der Waals surface area contributed by atoms with Crippen LogP contribution in [0, 0.1) is 0 Å². The molecule has 0 aliphatic heterocycles. The summed E-state index contributed by atoms with van der Waals surface area (Å²) in [6.45, 7) is 0. The van der Waals surface area contributed by atoms with Crippen LogP contribution >= 0.6 is 27.7 Å². The van der Waals surface area contributed by atoms with Crippen molar-refractivity contribution in [2.45, 2.75) is 17.4 Å². The zero-order valence-corrected chi connectivity index (χ0v) is 12.8. The number of pyridine rings is 1. The standard InChI is InChI=1S/C14H16BrN3S/c15-11-1-3-13(4-2-11)19-9-12(16)7-10-5-6-18-14(17)8-10/h1-6,8,12H,7,9,16H2,(H2,17,18). The summed E-state index contributed by atoms with van der Waals surface area (Å²) in [6.07, 6.45) is 2.54. The first-order chi connectivity index (χ1) is 9.13. The molecule has 0 aliphatic carbocycles. The van der Waals surface area contributed by atoms with Gasteiger partial charge >= 0.3 is 0 Å². The molecular formula is C14H16BrN3S. The third kappa shape index (κ3) is 4.86. The van der Waals surface area contributed by atoms with Gasteiger partial charge in [0.15, 0.2) is 0 Å². The molecule has 0 aliphatic rings. The van der Waals surface area contributed by atoms with Crippen molar-refractivity contribution in [1.29, 1.82) is 0 Å². The highest BCUT2D eigenvalue weighted by Crippen LogP contribution is 2.21. The Morgan fingerprint density at radius 2 is 1.95 bits per heavy atom. The van der Waals surface area contributed by atoms with E-state index in [0.717, 1.165) is 22.2 Å². The summed E-state index contributed by atoms with van der Waals surface area (Å²) in [5.74, 6) is 1.43. The number of anilines is 1. The van der Waals surface area contributed by atoms with E-state index in [2.05, 4.69) is 33.0 Å². The number of nitrogen functional groups attached to an aromatic ring is 1. The van der Waals surface area contributed by atoms with Crippen molar-refractivity contribution in [3.8, 4) is 0 Å². The van der Waals surface area contributed by atoms with E-state index < -0.39 is 0 Å². The average molecular weight is 338 g/mol. The molecular weight excluding hydrogens is 322 g/mol. The van der Waals surface area contributed by atoms with Gasteiger partial charge in [0.25, 0.3) is 0 Å². The van der Waals surface area contributed by atoms with Crippen molar-refractivity contribution in [1.82, 2.24) is 4.98 Å². The van der Waals surface area contributed by atoms with Gasteiger partial charge in [0.1, 0.15) is 5.82 Å². The molecule has 0 spiro atoms. The van der Waals surface area contributed by atoms with Gasteiger partial charge in [-0.05, 0) is 48.4 Å². The Bertz CT molecular complexity index is 530. The fourth-order valence-electron chi connectivity index (χ4n) is 1.72. The van der Waals surface area contributed by atoms with Crippen LogP contribution in [0.2, 0.25) is 0 Å². The van der Waals surface area contributed by atoms with Crippen molar-refractivity contribution < 1.29 is 0 Å². The predicted octanol–water partition coefficient (Wildman–Crippen LogP) is 3.09. The number of benzene rings is 1. The highest BCUT2D eigenvalue weighted by molar-refractivity contribution is 9.10. The number of hydrogen-bond acceptors (Lipinski definition) is 4. The van der Waals surface area contributed by atoms with E-state index in [1.54, 1.807) is 18.0 Å². The lowest BCUT2D eigenvalue weighted by molar-refractivity contribution is 0.748. The molecule has 0 fully saturated rings. The van der Waals surface area contributed by atoms with Gasteiger partial charge in [-0.25, -0.2) is 4.98 Å². The maximum Gasteiger partial charge on any atom is 0.123 e. The van der Waals surface area contributed by atoms with Crippen LogP contribution in [-0.2, 0) is 6.42 Å². The quantitative estimate of drug-likeness (QED) is 0.823. The van der Waals surface area contributed by atoms with Crippen molar-refractivity contribution in [3.63, 3.8) is 0 Å². The van der Waals surface area contributed by atoms with E-state index in [0.29, 0.717) is 5.82 Å². The number of halogens is 1. The molecule has 0 bridgehead atoms. The monoisotopic (exact) mass is 337 g/mol. The lowest BCUT2D eigenvalue weighted by Crippen LogP contribution is -2.25. The smallest absolute Gasteiger partial charge is 0.123 e. The second-order valence-corrected chi connectivity index (χ2v) is 6.33. The van der Waals surface area contributed by atoms with Gasteiger partial charge in [-0.15, -0.1) is 11.8 Å². The van der Waals surface area contributed by atoms with Gasteiger partial charge < -0.3 is 11.5 Å². The Balaban J connectivity index is 1.84. The summed E-state index contributed by atoms with van der Waals surface area (Å²) in [7, 11) is 0. The highest BCUT2D eigenvalue weighted by Gasteiger charge is 2.06. The van der Waals surface area contributed by atoms with Gasteiger partial charge in [-0.3, -0.25) is 0 Å². The normalized spacial score (nSPS) is 12.3. The molecule has 2 rings (SSSR count). The largest absolute Gasteiger partial charge is 0.384 e. The number of hydrogen-bond donors (Lipinski definition) is 2. The van der Waals surface area contributed by atoms with Crippen molar-refractivity contribution >= 4 is 33.5 Å². The lowest BCUT2D eigenvalue weighted by Gasteiger charge is -2.11. The highest BCUT2D eigenvalue weighted by atomic mass is 79.9. The van der Waals surface area contributed by atoms with Crippen LogP contribution < -0.4 is 11.5 Å². The molecule has 0 amide bonds. The number of thioether (sulfide) groups is 1. The summed E-state index contributed by atoms with van der Waals surface area (Å²) in [4.78, 5) is 5.21. The molecule has 1 atom stereocenters. The second kappa shape index (κ2) is 6.93. The Morgan fingerprint density at radius 1 is 1.21 bits per heavy atom. The van der Waals surface area contributed by atoms with Crippen molar-refractivity contribution in [2.75, 3.05) is 11.5 Å². The van der Waals surface area contributed by atoms with Crippen LogP contribution in [0.3, 0.4) is 0 Å². The topological polar surface area (TPSA) is 64.9 Å². The maximum absolute atomic E-state index is 6.14. The second-order valence-electron chi connectivity index (χ2n) is 4.32. The SMILES string of the molecule is Nc1cc(CC(N)CSc2ccc(Br)cc2)ccn1. The number of nitrogens with two attached hydrogens (primary N) is 2. The summed E-state index contributed by atoms with van der Waals surface area (Å²) < 4.78 is 1.09. The summed E-state index contributed by atoms with van der Waals surface area (Å²) in [5, 5.41) is 0. The van der Waals surface area contributed by atoms with Crippen LogP contribution in [0.25, 0.3) is 0 Å². The Kier molecular flexibility index (Phi) is 5.24. The minimum absolute atomic E-state index is 0.107. The predicted molar refractivity (Wildman–Crippen MR) is 85.2 cm³/mol. The van der Waals surface area contributed by atoms with E-state index >= 15 is 0 Å². The van der Waals surface area contributed by atoms with Crippen molar-refractivity contribution in [2.24, 2.45) is 5.73 Å². The first-order valence-corrected chi connectivity index (χ1v) is 7.75. The van der Waals surface area contributed by atoms with Crippen LogP contribution in [0.4, 0.5) is 5.82 Å². The first-order valence-electron chi connectivity index (χ1n) is 5.98. The third-order valence-corrected chi connectivity index (χ3v) is 4.35. The van der Waals surface area contributed by atoms with Gasteiger partial charge in [0.2, 0.25) is 0 Å². The molecule has 1 aromatic carbocycles. The molecule has 0 saturated heterocycles. The Labute approximate surface area is 125 Å². The fraction of sp³-hybridized carbons (Fsp3) is 0.214. The van der Waals surface area contributed by atoms with E-state index in [1.165, 1.54) is 4.90 Å². The van der Waals surface area contributed by atoms with Crippen molar-refractivity contribution in [3.05, 3.63) is 52.6 Å². The minimum Gasteiger partial charge on any atom is -0.384 e. The molecule has 5 heteroatoms. The van der Waals surface area contributed by atoms with Gasteiger partial charge in [-0.1, -0.05) is 15.9 Å². The molecule has 1 heterocycles. The van der Waals surface area contributed by atoms with Crippen LogP contribution in [0.5, 0.6) is 0 Å². The number of aromatic nitrogens is 1. The zero-order chi connectivity index (χ0) is 13.7. The number of nitrogens with zero attached hydrogens (tertiary/aromatic N) is 1. The Hall–Kier alpha value is -1.04. The molecule has 0 saturated carbocycles. The molecule has 100 valence electrons. The van der Waals surface area contributed by atoms with E-state index in [1.807, 2.05) is 24.3 Å². The molecule has 0 radical (unpaired) electrons. The molecule has 19 heavy (non-hydrogen) atoms. The molecule has 1 aromatic heterocycles. The van der Waals surface area contributed by atoms with E-state index in [9.17, 15) is 0 Å². The third-order valence-electron chi connectivity index (χ3n) is 2.62. The van der Waals surface area contributed by atoms with Crippen LogP contribution in [0.1, 0.15) is 5.56 Å². The van der Waals surface area contributed by atoms with Gasteiger partial charge in [-0.2, -0.15) is 0 Å². The fourth-order valence-corrected chi connectivity index (χ4v) is 2.83. The molecule has 4 N–H and O–H groups in total. The number of rotatable bonds is 5. The van der Waals surface area contributed by atoms with Crippen LogP contribution in [-0.4, -0.2) is 16.8 Å². The molecule has 2 aromatic rings. The summed E-state index contributed by atoms with van der Waals surface area (Å²) >= 11 is 5.19. The average Bonchev–Trinajstić information content (AvgIpc) is 2.38. The lowest BCUT2D eigenvalue weighted by atomic mass is 10.1. The van der Waals surface area contributed by atoms with Crippen LogP contribution in [0.15, 0.2) is 52.0 Å². The maximum atomic E-state index is 6.14. The summed E-state index contributed by atoms with van der Waals surface area (Å²) in [5.41, 5.74) is 12.9. The first kappa shape index (κ1) is 14.4. The summed E-state index contributed by atoms with van der Waals surface area (Å²) in [6, 6.07) is 12.2. The molecule has 3 nitrogen and oxygen atoms in total. The Morgan fingerprint density at radius 3 is 2.63 bits per heavy atom. The van der Waals surface area contributed by atoms with Gasteiger partial charge in [0, 0.05) is 27.4 Å². The minimum atomic E-state index is 0.107. The van der Waals surface area contributed by atoms with E-state index in [-0.39, 0.29) is 6.04 Å².